The van der Waals surface area contributed by atoms with Crippen LogP contribution in [0.4, 0.5) is 0 Å². The number of carbonyl (C=O) groups is 2. The molecular weight excluding hydrogens is 200 g/mol. The molecule has 0 saturated heterocycles. The number of ether oxygens (including phenoxy) is 1. The van der Waals surface area contributed by atoms with Crippen molar-refractivity contribution in [3.05, 3.63) is 23.8 Å². The number of ketones is 1. The maximum Gasteiger partial charge on any atom is 0.313 e. The maximum atomic E-state index is 11.4. The Morgan fingerprint density at radius 3 is 2.60 bits per heavy atom. The van der Waals surface area contributed by atoms with Crippen molar-refractivity contribution in [1.29, 1.82) is 0 Å². The van der Waals surface area contributed by atoms with E-state index in [1.54, 1.807) is 0 Å². The second-order valence-corrected chi connectivity index (χ2v) is 2.85. The van der Waals surface area contributed by atoms with Crippen molar-refractivity contribution in [1.82, 2.24) is 0 Å². The van der Waals surface area contributed by atoms with E-state index < -0.39 is 29.7 Å². The number of benzene rings is 1. The summed E-state index contributed by atoms with van der Waals surface area (Å²) in [4.78, 5) is 22.2. The molecule has 0 atom stereocenters. The van der Waals surface area contributed by atoms with Crippen molar-refractivity contribution in [2.45, 2.75) is 6.42 Å². The largest absolute Gasteiger partial charge is 0.504 e. The van der Waals surface area contributed by atoms with Gasteiger partial charge in [0, 0.05) is 0 Å². The zero-order valence-electron chi connectivity index (χ0n) is 8.06. The fraction of sp³-hybridized carbons (Fsp3) is 0.200. The van der Waals surface area contributed by atoms with E-state index >= 15 is 0 Å². The maximum absolute atomic E-state index is 11.4. The number of rotatable bonds is 3. The predicted molar refractivity (Wildman–Crippen MR) is 50.7 cm³/mol. The lowest BCUT2D eigenvalue weighted by Crippen LogP contribution is -2.09. The number of Topliss-reactive ketones (excluding diaryl/α,β-unsaturated/α-hetero) is 1. The molecule has 1 rings (SSSR count). The van der Waals surface area contributed by atoms with Crippen molar-refractivity contribution in [2.24, 2.45) is 0 Å². The summed E-state index contributed by atoms with van der Waals surface area (Å²) in [5.74, 6) is -2.21. The third-order valence-electron chi connectivity index (χ3n) is 1.85. The topological polar surface area (TPSA) is 83.8 Å². The summed E-state index contributed by atoms with van der Waals surface area (Å²) in [6.07, 6.45) is -0.465. The smallest absolute Gasteiger partial charge is 0.313 e. The summed E-state index contributed by atoms with van der Waals surface area (Å²) in [7, 11) is 1.16. The molecule has 0 radical (unpaired) electrons. The second kappa shape index (κ2) is 4.45. The van der Waals surface area contributed by atoms with Crippen LogP contribution in [0.2, 0.25) is 0 Å². The minimum absolute atomic E-state index is 0.0969. The Morgan fingerprint density at radius 1 is 1.33 bits per heavy atom. The van der Waals surface area contributed by atoms with Gasteiger partial charge in [-0.25, -0.2) is 0 Å². The number of methoxy groups -OCH3 is 1. The molecule has 0 spiro atoms. The molecule has 0 amide bonds. The Morgan fingerprint density at radius 2 is 2.00 bits per heavy atom. The van der Waals surface area contributed by atoms with Gasteiger partial charge in [-0.15, -0.1) is 0 Å². The van der Waals surface area contributed by atoms with E-state index in [1.807, 2.05) is 0 Å². The quantitative estimate of drug-likeness (QED) is 0.334. The predicted octanol–water partition coefficient (Wildman–Crippen LogP) is 0.844. The Hall–Kier alpha value is -2.04. The SMILES string of the molecule is COC(=O)CC(=O)c1cccc(O)c1O. The molecule has 80 valence electrons. The summed E-state index contributed by atoms with van der Waals surface area (Å²) < 4.78 is 4.31. The standard InChI is InChI=1S/C10H10O5/c1-15-9(13)5-8(12)6-3-2-4-7(11)10(6)14/h2-4,11,14H,5H2,1H3. The first-order valence-electron chi connectivity index (χ1n) is 4.17. The van der Waals surface area contributed by atoms with Gasteiger partial charge in [0.1, 0.15) is 6.42 Å². The number of aromatic hydroxyl groups is 2. The third kappa shape index (κ3) is 2.46. The lowest BCUT2D eigenvalue weighted by atomic mass is 10.1. The van der Waals surface area contributed by atoms with Crippen LogP contribution in [-0.2, 0) is 9.53 Å². The minimum atomic E-state index is -0.692. The molecule has 0 fully saturated rings. The van der Waals surface area contributed by atoms with Gasteiger partial charge in [-0.3, -0.25) is 9.59 Å². The van der Waals surface area contributed by atoms with Crippen LogP contribution in [0.15, 0.2) is 18.2 Å². The van der Waals surface area contributed by atoms with Crippen LogP contribution in [0.1, 0.15) is 16.8 Å². The number of phenols is 2. The van der Waals surface area contributed by atoms with Crippen LogP contribution in [0, 0.1) is 0 Å². The first-order valence-corrected chi connectivity index (χ1v) is 4.17. The minimum Gasteiger partial charge on any atom is -0.504 e. The Bertz CT molecular complexity index is 397. The highest BCUT2D eigenvalue weighted by Crippen LogP contribution is 2.28. The Kier molecular flexibility index (Phi) is 3.28. The zero-order valence-corrected chi connectivity index (χ0v) is 8.06. The van der Waals surface area contributed by atoms with Crippen molar-refractivity contribution in [3.63, 3.8) is 0 Å². The van der Waals surface area contributed by atoms with Crippen LogP contribution in [0.3, 0.4) is 0 Å². The monoisotopic (exact) mass is 210 g/mol. The number of hydrogen-bond acceptors (Lipinski definition) is 5. The molecule has 15 heavy (non-hydrogen) atoms. The number of para-hydroxylation sites is 1. The number of esters is 1. The molecular formula is C10H10O5. The molecule has 0 saturated carbocycles. The van der Waals surface area contributed by atoms with E-state index in [9.17, 15) is 14.7 Å². The first kappa shape index (κ1) is 11.0. The lowest BCUT2D eigenvalue weighted by molar-refractivity contribution is -0.139. The average Bonchev–Trinajstić information content (AvgIpc) is 2.21. The molecule has 0 aromatic heterocycles. The summed E-state index contributed by atoms with van der Waals surface area (Å²) in [5, 5.41) is 18.5. The molecule has 2 N–H and O–H groups in total. The van der Waals surface area contributed by atoms with E-state index in [0.717, 1.165) is 7.11 Å². The number of carbonyl (C=O) groups excluding carboxylic acids is 2. The van der Waals surface area contributed by atoms with Crippen molar-refractivity contribution >= 4 is 11.8 Å². The average molecular weight is 210 g/mol. The van der Waals surface area contributed by atoms with Gasteiger partial charge in [0.05, 0.1) is 12.7 Å². The van der Waals surface area contributed by atoms with Gasteiger partial charge in [-0.2, -0.15) is 0 Å². The van der Waals surface area contributed by atoms with Crippen LogP contribution in [0.5, 0.6) is 11.5 Å². The summed E-state index contributed by atoms with van der Waals surface area (Å²) in [6.45, 7) is 0. The van der Waals surface area contributed by atoms with Crippen molar-refractivity contribution in [2.75, 3.05) is 7.11 Å². The molecule has 5 heteroatoms. The molecule has 0 aliphatic heterocycles. The van der Waals surface area contributed by atoms with E-state index in [4.69, 9.17) is 5.11 Å². The molecule has 0 aliphatic carbocycles. The summed E-state index contributed by atoms with van der Waals surface area (Å²) >= 11 is 0. The lowest BCUT2D eigenvalue weighted by Gasteiger charge is -2.04. The van der Waals surface area contributed by atoms with Gasteiger partial charge in [0.25, 0.3) is 0 Å². The first-order chi connectivity index (χ1) is 7.06. The van der Waals surface area contributed by atoms with Crippen molar-refractivity contribution in [3.8, 4) is 11.5 Å². The van der Waals surface area contributed by atoms with Crippen LogP contribution >= 0.6 is 0 Å². The van der Waals surface area contributed by atoms with Gasteiger partial charge < -0.3 is 14.9 Å². The van der Waals surface area contributed by atoms with Crippen molar-refractivity contribution < 1.29 is 24.5 Å². The normalized spacial score (nSPS) is 9.67. The van der Waals surface area contributed by atoms with Gasteiger partial charge >= 0.3 is 5.97 Å². The number of phenolic OH excluding ortho intramolecular Hbond substituents is 2. The van der Waals surface area contributed by atoms with E-state index in [1.165, 1.54) is 18.2 Å². The van der Waals surface area contributed by atoms with Crippen LogP contribution in [-0.4, -0.2) is 29.1 Å². The van der Waals surface area contributed by atoms with Crippen LogP contribution < -0.4 is 0 Å². The van der Waals surface area contributed by atoms with E-state index in [0.29, 0.717) is 0 Å². The summed E-state index contributed by atoms with van der Waals surface area (Å²) in [6, 6.07) is 3.96. The fourth-order valence-corrected chi connectivity index (χ4v) is 1.05. The molecule has 0 unspecified atom stereocenters. The van der Waals surface area contributed by atoms with Gasteiger partial charge in [-0.1, -0.05) is 6.07 Å². The van der Waals surface area contributed by atoms with E-state index in [2.05, 4.69) is 4.74 Å². The molecule has 5 nitrogen and oxygen atoms in total. The van der Waals surface area contributed by atoms with Gasteiger partial charge in [0.2, 0.25) is 0 Å². The molecule has 1 aromatic carbocycles. The molecule has 0 bridgehead atoms. The highest BCUT2D eigenvalue weighted by molar-refractivity contribution is 6.07. The van der Waals surface area contributed by atoms with Gasteiger partial charge in [-0.05, 0) is 12.1 Å². The zero-order chi connectivity index (χ0) is 11.4. The highest BCUT2D eigenvalue weighted by Gasteiger charge is 2.17. The van der Waals surface area contributed by atoms with E-state index in [-0.39, 0.29) is 5.56 Å². The Balaban J connectivity index is 2.92. The Labute approximate surface area is 85.9 Å². The van der Waals surface area contributed by atoms with Crippen LogP contribution in [0.25, 0.3) is 0 Å². The fourth-order valence-electron chi connectivity index (χ4n) is 1.05. The molecule has 1 aromatic rings. The molecule has 0 aliphatic rings. The highest BCUT2D eigenvalue weighted by atomic mass is 16.5. The number of hydrogen-bond donors (Lipinski definition) is 2. The summed E-state index contributed by atoms with van der Waals surface area (Å²) in [5.41, 5.74) is -0.0969. The molecule has 0 heterocycles. The second-order valence-electron chi connectivity index (χ2n) is 2.85. The van der Waals surface area contributed by atoms with Gasteiger partial charge in [0.15, 0.2) is 17.3 Å². The third-order valence-corrected chi connectivity index (χ3v) is 1.85.